The number of carboxylic acids is 1. The number of rotatable bonds is 2. The lowest BCUT2D eigenvalue weighted by Gasteiger charge is -2.26. The molecular formula is C13H19F3N2O3. The highest BCUT2D eigenvalue weighted by Crippen LogP contribution is 2.37. The molecule has 2 atom stereocenters. The van der Waals surface area contributed by atoms with Crippen LogP contribution in [-0.4, -0.2) is 47.3 Å². The molecule has 8 heteroatoms. The lowest BCUT2D eigenvalue weighted by molar-refractivity contribution is -0.187. The maximum Gasteiger partial charge on any atom is 0.394 e. The second-order valence-electron chi connectivity index (χ2n) is 5.78. The number of amides is 2. The Morgan fingerprint density at radius 3 is 2.19 bits per heavy atom. The van der Waals surface area contributed by atoms with Crippen LogP contribution in [0.25, 0.3) is 0 Å². The van der Waals surface area contributed by atoms with Crippen molar-refractivity contribution in [1.29, 1.82) is 0 Å². The maximum atomic E-state index is 12.8. The number of aliphatic carboxylic acids is 1. The van der Waals surface area contributed by atoms with Crippen LogP contribution in [0.3, 0.4) is 0 Å². The van der Waals surface area contributed by atoms with Gasteiger partial charge < -0.3 is 15.3 Å². The van der Waals surface area contributed by atoms with Gasteiger partial charge in [-0.15, -0.1) is 0 Å². The van der Waals surface area contributed by atoms with Gasteiger partial charge in [-0.3, -0.25) is 4.79 Å². The van der Waals surface area contributed by atoms with Gasteiger partial charge in [-0.2, -0.15) is 13.2 Å². The zero-order valence-electron chi connectivity index (χ0n) is 11.5. The summed E-state index contributed by atoms with van der Waals surface area (Å²) in [7, 11) is 0. The van der Waals surface area contributed by atoms with E-state index in [9.17, 15) is 22.8 Å². The molecule has 2 rings (SSSR count). The zero-order chi connectivity index (χ0) is 15.6. The van der Waals surface area contributed by atoms with Crippen LogP contribution in [0.2, 0.25) is 0 Å². The van der Waals surface area contributed by atoms with Crippen LogP contribution in [0.15, 0.2) is 0 Å². The molecule has 5 nitrogen and oxygen atoms in total. The normalized spacial score (nSPS) is 27.7. The molecule has 1 aliphatic heterocycles. The summed E-state index contributed by atoms with van der Waals surface area (Å²) < 4.78 is 38.5. The predicted molar refractivity (Wildman–Crippen MR) is 67.6 cm³/mol. The van der Waals surface area contributed by atoms with E-state index in [1.807, 2.05) is 0 Å². The van der Waals surface area contributed by atoms with E-state index in [1.165, 1.54) is 0 Å². The van der Waals surface area contributed by atoms with Crippen LogP contribution < -0.4 is 5.32 Å². The third-order valence-corrected chi connectivity index (χ3v) is 4.28. The SMILES string of the molecule is O=C(O)[C@@H]1CN(C(=O)NC2CCCCC2)C[C@H]1C(F)(F)F. The summed E-state index contributed by atoms with van der Waals surface area (Å²) in [6.07, 6.45) is 0.132. The van der Waals surface area contributed by atoms with Gasteiger partial charge in [-0.25, -0.2) is 4.79 Å². The number of nitrogens with zero attached hydrogens (tertiary/aromatic N) is 1. The van der Waals surface area contributed by atoms with Gasteiger partial charge in [-0.1, -0.05) is 19.3 Å². The fraction of sp³-hybridized carbons (Fsp3) is 0.846. The molecule has 21 heavy (non-hydrogen) atoms. The van der Waals surface area contributed by atoms with E-state index in [2.05, 4.69) is 5.32 Å². The second-order valence-corrected chi connectivity index (χ2v) is 5.78. The van der Waals surface area contributed by atoms with Crippen LogP contribution in [-0.2, 0) is 4.79 Å². The van der Waals surface area contributed by atoms with E-state index in [1.54, 1.807) is 0 Å². The van der Waals surface area contributed by atoms with Crippen molar-refractivity contribution < 1.29 is 27.9 Å². The molecule has 0 radical (unpaired) electrons. The molecular weight excluding hydrogens is 289 g/mol. The Bertz CT molecular complexity index is 408. The largest absolute Gasteiger partial charge is 0.481 e. The molecule has 1 heterocycles. The molecule has 2 N–H and O–H groups in total. The number of urea groups is 1. The van der Waals surface area contributed by atoms with Crippen molar-refractivity contribution in [2.45, 2.75) is 44.3 Å². The number of alkyl halides is 3. The highest BCUT2D eigenvalue weighted by Gasteiger charge is 2.53. The van der Waals surface area contributed by atoms with Crippen LogP contribution >= 0.6 is 0 Å². The average molecular weight is 308 g/mol. The summed E-state index contributed by atoms with van der Waals surface area (Å²) >= 11 is 0. The minimum Gasteiger partial charge on any atom is -0.481 e. The average Bonchev–Trinajstić information content (AvgIpc) is 2.85. The van der Waals surface area contributed by atoms with Gasteiger partial charge in [0.25, 0.3) is 0 Å². The van der Waals surface area contributed by atoms with E-state index in [-0.39, 0.29) is 6.04 Å². The first-order chi connectivity index (χ1) is 9.79. The highest BCUT2D eigenvalue weighted by atomic mass is 19.4. The Morgan fingerprint density at radius 1 is 1.10 bits per heavy atom. The molecule has 0 aromatic heterocycles. The minimum atomic E-state index is -4.61. The molecule has 1 aliphatic carbocycles. The summed E-state index contributed by atoms with van der Waals surface area (Å²) in [5.74, 6) is -5.08. The Hall–Kier alpha value is -1.47. The molecule has 2 amide bonds. The van der Waals surface area contributed by atoms with E-state index >= 15 is 0 Å². The standard InChI is InChI=1S/C13H19F3N2O3/c14-13(15,16)10-7-18(6-9(10)11(19)20)12(21)17-8-4-2-1-3-5-8/h8-10H,1-7H2,(H,17,21)(H,19,20)/t9-,10-/m1/s1. The minimum absolute atomic E-state index is 0.0144. The third kappa shape index (κ3) is 3.79. The van der Waals surface area contributed by atoms with Crippen LogP contribution in [0.1, 0.15) is 32.1 Å². The number of carbonyl (C=O) groups excluding carboxylic acids is 1. The van der Waals surface area contributed by atoms with E-state index in [0.29, 0.717) is 0 Å². The molecule has 0 unspecified atom stereocenters. The van der Waals surface area contributed by atoms with Gasteiger partial charge >= 0.3 is 18.2 Å². The monoisotopic (exact) mass is 308 g/mol. The number of nitrogens with one attached hydrogen (secondary N) is 1. The Balaban J connectivity index is 1.97. The first-order valence-corrected chi connectivity index (χ1v) is 7.14. The van der Waals surface area contributed by atoms with Crippen LogP contribution in [0, 0.1) is 11.8 Å². The Morgan fingerprint density at radius 2 is 1.71 bits per heavy atom. The summed E-state index contributed by atoms with van der Waals surface area (Å²) in [6.45, 7) is -0.975. The fourth-order valence-corrected chi connectivity index (χ4v) is 3.06. The predicted octanol–water partition coefficient (Wildman–Crippen LogP) is 2.22. The molecule has 0 aromatic rings. The first-order valence-electron chi connectivity index (χ1n) is 7.14. The second kappa shape index (κ2) is 6.11. The Kier molecular flexibility index (Phi) is 4.63. The summed E-state index contributed by atoms with van der Waals surface area (Å²) in [5.41, 5.74) is 0. The molecule has 1 saturated heterocycles. The molecule has 0 bridgehead atoms. The third-order valence-electron chi connectivity index (χ3n) is 4.28. The van der Waals surface area contributed by atoms with Crippen molar-refractivity contribution in [3.05, 3.63) is 0 Å². The molecule has 120 valence electrons. The van der Waals surface area contributed by atoms with Crippen molar-refractivity contribution in [1.82, 2.24) is 10.2 Å². The van der Waals surface area contributed by atoms with Crippen molar-refractivity contribution in [2.24, 2.45) is 11.8 Å². The van der Waals surface area contributed by atoms with E-state index < -0.39 is 43.1 Å². The van der Waals surface area contributed by atoms with Crippen LogP contribution in [0.4, 0.5) is 18.0 Å². The molecule has 1 saturated carbocycles. The molecule has 2 fully saturated rings. The number of hydrogen-bond acceptors (Lipinski definition) is 2. The Labute approximate surface area is 120 Å². The number of likely N-dealkylation sites (tertiary alicyclic amines) is 1. The summed E-state index contributed by atoms with van der Waals surface area (Å²) in [4.78, 5) is 23.9. The highest BCUT2D eigenvalue weighted by molar-refractivity contribution is 5.78. The van der Waals surface area contributed by atoms with Crippen molar-refractivity contribution in [3.8, 4) is 0 Å². The number of halogens is 3. The van der Waals surface area contributed by atoms with Crippen molar-refractivity contribution in [3.63, 3.8) is 0 Å². The summed E-state index contributed by atoms with van der Waals surface area (Å²) in [5, 5.41) is 11.6. The smallest absolute Gasteiger partial charge is 0.394 e. The van der Waals surface area contributed by atoms with E-state index in [0.717, 1.165) is 37.0 Å². The van der Waals surface area contributed by atoms with Gasteiger partial charge in [0.15, 0.2) is 0 Å². The molecule has 0 spiro atoms. The topological polar surface area (TPSA) is 69.6 Å². The van der Waals surface area contributed by atoms with Crippen molar-refractivity contribution >= 4 is 12.0 Å². The number of carboxylic acid groups (broad SMARTS) is 1. The van der Waals surface area contributed by atoms with Gasteiger partial charge in [0, 0.05) is 19.1 Å². The summed E-state index contributed by atoms with van der Waals surface area (Å²) in [6, 6.07) is -0.598. The van der Waals surface area contributed by atoms with Gasteiger partial charge in [0.05, 0.1) is 11.8 Å². The maximum absolute atomic E-state index is 12.8. The molecule has 0 aromatic carbocycles. The first kappa shape index (κ1) is 15.9. The fourth-order valence-electron chi connectivity index (χ4n) is 3.06. The lowest BCUT2D eigenvalue weighted by atomic mass is 9.96. The zero-order valence-corrected chi connectivity index (χ0v) is 11.5. The van der Waals surface area contributed by atoms with Gasteiger partial charge in [0.1, 0.15) is 0 Å². The molecule has 2 aliphatic rings. The lowest BCUT2D eigenvalue weighted by Crippen LogP contribution is -2.45. The number of hydrogen-bond donors (Lipinski definition) is 2. The number of carbonyl (C=O) groups is 2. The van der Waals surface area contributed by atoms with Gasteiger partial charge in [-0.05, 0) is 12.8 Å². The quantitative estimate of drug-likeness (QED) is 0.822. The van der Waals surface area contributed by atoms with E-state index in [4.69, 9.17) is 5.11 Å². The van der Waals surface area contributed by atoms with Gasteiger partial charge in [0.2, 0.25) is 0 Å². The van der Waals surface area contributed by atoms with Crippen molar-refractivity contribution in [2.75, 3.05) is 13.1 Å². The van der Waals surface area contributed by atoms with Crippen LogP contribution in [0.5, 0.6) is 0 Å².